The van der Waals surface area contributed by atoms with E-state index in [4.69, 9.17) is 19.2 Å². The van der Waals surface area contributed by atoms with Crippen LogP contribution in [0.2, 0.25) is 0 Å². The lowest BCUT2D eigenvalue weighted by Crippen LogP contribution is -2.25. The van der Waals surface area contributed by atoms with Crippen LogP contribution in [0.25, 0.3) is 0 Å². The van der Waals surface area contributed by atoms with Gasteiger partial charge in [0.2, 0.25) is 0 Å². The number of benzene rings is 2. The van der Waals surface area contributed by atoms with Crippen LogP contribution < -0.4 is 9.47 Å². The highest BCUT2D eigenvalue weighted by Crippen LogP contribution is 2.26. The molecule has 0 aliphatic rings. The zero-order valence-electron chi connectivity index (χ0n) is 23.3. The van der Waals surface area contributed by atoms with E-state index in [1.54, 1.807) is 6.92 Å². The summed E-state index contributed by atoms with van der Waals surface area (Å²) >= 11 is 0. The molecule has 2 N–H and O–H groups in total. The molecule has 2 aromatic carbocycles. The molecule has 0 aliphatic carbocycles. The molecule has 0 unspecified atom stereocenters. The van der Waals surface area contributed by atoms with Crippen molar-refractivity contribution in [1.82, 2.24) is 0 Å². The Morgan fingerprint density at radius 3 is 1.45 bits per heavy atom. The Morgan fingerprint density at radius 1 is 0.727 bits per heavy atom. The van der Waals surface area contributed by atoms with Crippen molar-refractivity contribution in [3.63, 3.8) is 0 Å². The maximum Gasteiger partial charge on any atom is 0.437 e. The van der Waals surface area contributed by atoms with Crippen LogP contribution in [0.5, 0.6) is 11.5 Å². The number of nitrogens with zero attached hydrogens (tertiary/aromatic N) is 2. The molecule has 248 valence electrons. The fourth-order valence-corrected chi connectivity index (χ4v) is 4.32. The summed E-state index contributed by atoms with van der Waals surface area (Å²) in [4.78, 5) is 0. The highest BCUT2D eigenvalue weighted by atomic mass is 32.2. The summed E-state index contributed by atoms with van der Waals surface area (Å²) in [6.45, 7) is 3.42. The van der Waals surface area contributed by atoms with E-state index in [-0.39, 0.29) is 42.4 Å². The van der Waals surface area contributed by atoms with E-state index in [0.29, 0.717) is 12.8 Å². The minimum atomic E-state index is -4.97. The molecule has 0 aromatic heterocycles. The van der Waals surface area contributed by atoms with E-state index < -0.39 is 55.3 Å². The first-order chi connectivity index (χ1) is 20.3. The Hall–Kier alpha value is -3.58. The number of ether oxygens (including phenoxy) is 2. The molecule has 0 saturated carbocycles. The average Bonchev–Trinajstić information content (AvgIpc) is 2.88. The molecule has 0 bridgehead atoms. The van der Waals surface area contributed by atoms with Crippen molar-refractivity contribution in [2.45, 2.75) is 45.5 Å². The lowest BCUT2D eigenvalue weighted by molar-refractivity contribution is -0.0608. The van der Waals surface area contributed by atoms with Gasteiger partial charge in [0.1, 0.15) is 11.5 Å². The van der Waals surface area contributed by atoms with Crippen molar-refractivity contribution in [3.8, 4) is 11.5 Å². The first-order valence-electron chi connectivity index (χ1n) is 12.6. The molecule has 0 saturated heterocycles. The number of rotatable bonds is 14. The van der Waals surface area contributed by atoms with Crippen LogP contribution in [-0.4, -0.2) is 75.1 Å². The van der Waals surface area contributed by atoms with Crippen molar-refractivity contribution >= 4 is 31.7 Å². The van der Waals surface area contributed by atoms with Crippen LogP contribution in [0.1, 0.15) is 44.2 Å². The van der Waals surface area contributed by atoms with Gasteiger partial charge in [0.15, 0.2) is 11.4 Å². The lowest BCUT2D eigenvalue weighted by atomic mass is 10.1. The largest absolute Gasteiger partial charge is 0.493 e. The molecule has 0 radical (unpaired) electrons. The number of alkyl halides is 6. The van der Waals surface area contributed by atoms with Gasteiger partial charge >= 0.3 is 22.5 Å². The van der Waals surface area contributed by atoms with Crippen LogP contribution in [0.15, 0.2) is 58.8 Å². The molecule has 0 spiro atoms. The quantitative estimate of drug-likeness (QED) is 0.0648. The second-order valence-corrected chi connectivity index (χ2v) is 11.9. The Bertz CT molecular complexity index is 1440. The van der Waals surface area contributed by atoms with Gasteiger partial charge in [0.05, 0.1) is 24.7 Å². The second kappa shape index (κ2) is 17.0. The third-order valence-electron chi connectivity index (χ3n) is 4.88. The minimum absolute atomic E-state index is 0.103. The van der Waals surface area contributed by atoms with E-state index in [2.05, 4.69) is 14.6 Å². The molecule has 2 rings (SSSR count). The summed E-state index contributed by atoms with van der Waals surface area (Å²) in [7, 11) is -7.91. The maximum absolute atomic E-state index is 13.3. The highest BCUT2D eigenvalue weighted by Gasteiger charge is 2.39. The summed E-state index contributed by atoms with van der Waals surface area (Å²) in [5, 5.41) is 13.6. The van der Waals surface area contributed by atoms with Crippen LogP contribution >= 0.6 is 0 Å². The Labute approximate surface area is 250 Å². The molecule has 0 atom stereocenters. The summed E-state index contributed by atoms with van der Waals surface area (Å²) in [5.74, 6) is -0.139. The van der Waals surface area contributed by atoms with Gasteiger partial charge in [-0.05, 0) is 61.4 Å². The molecule has 0 aliphatic heterocycles. The zero-order valence-corrected chi connectivity index (χ0v) is 24.9. The molecular formula is C25H30F6N2O9S2. The highest BCUT2D eigenvalue weighted by molar-refractivity contribution is 7.86. The van der Waals surface area contributed by atoms with Gasteiger partial charge in [0.25, 0.3) is 10.1 Å². The van der Waals surface area contributed by atoms with Gasteiger partial charge in [-0.3, -0.25) is 8.84 Å². The van der Waals surface area contributed by atoms with Gasteiger partial charge in [0, 0.05) is 17.5 Å². The van der Waals surface area contributed by atoms with Gasteiger partial charge in [-0.15, -0.1) is 0 Å². The van der Waals surface area contributed by atoms with Crippen LogP contribution in [0.4, 0.5) is 26.3 Å². The Balaban J connectivity index is 0.00000123. The number of oxime groups is 2. The summed E-state index contributed by atoms with van der Waals surface area (Å²) in [5.41, 5.74) is -3.74. The van der Waals surface area contributed by atoms with E-state index in [1.165, 1.54) is 31.2 Å². The first kappa shape index (κ1) is 38.4. The van der Waals surface area contributed by atoms with Crippen molar-refractivity contribution in [2.24, 2.45) is 10.3 Å². The number of hydrogen-bond donors (Lipinski definition) is 2. The number of halogens is 6. The van der Waals surface area contributed by atoms with Crippen molar-refractivity contribution in [1.29, 1.82) is 0 Å². The van der Waals surface area contributed by atoms with Crippen molar-refractivity contribution < 1.29 is 66.7 Å². The smallest absolute Gasteiger partial charge is 0.437 e. The molecule has 11 nitrogen and oxygen atoms in total. The predicted molar refractivity (Wildman–Crippen MR) is 147 cm³/mol. The molecule has 0 heterocycles. The van der Waals surface area contributed by atoms with Crippen LogP contribution in [0, 0.1) is 0 Å². The molecule has 0 fully saturated rings. The van der Waals surface area contributed by atoms with Crippen molar-refractivity contribution in [2.75, 3.05) is 24.7 Å². The fourth-order valence-electron chi connectivity index (χ4n) is 3.04. The average molecular weight is 681 g/mol. The predicted octanol–water partition coefficient (Wildman–Crippen LogP) is 5.58. The first-order valence-corrected chi connectivity index (χ1v) is 15.8. The molecule has 19 heteroatoms. The third kappa shape index (κ3) is 14.7. The third-order valence-corrected chi connectivity index (χ3v) is 7.01. The van der Waals surface area contributed by atoms with Crippen LogP contribution in [0.3, 0.4) is 0 Å². The standard InChI is InChI=1S/C22H22F6N2O6S.C3H8O3S/c1-2-14-37(32,33)36-30-20(22(26,27)28)16-6-10-18(11-7-16)35-13-3-12-34-17-8-4-15(5-9-17)19(29-31)21(23,24)25;1-2-3-7(4,5)6/h4-11,31H,2-3,12-14H2,1H3;2-3H2,1H3,(H,4,5,6)/b29-19-,30-20+;. The van der Waals surface area contributed by atoms with Gasteiger partial charge < -0.3 is 14.7 Å². The summed E-state index contributed by atoms with van der Waals surface area (Å²) in [6, 6.07) is 9.25. The topological polar surface area (TPSA) is 161 Å². The maximum atomic E-state index is 13.3. The normalized spacial score (nSPS) is 13.1. The van der Waals surface area contributed by atoms with E-state index in [1.807, 2.05) is 0 Å². The molecule has 2 aromatic rings. The monoisotopic (exact) mass is 680 g/mol. The van der Waals surface area contributed by atoms with Crippen LogP contribution in [-0.2, 0) is 24.5 Å². The molecule has 0 amide bonds. The summed E-state index contributed by atoms with van der Waals surface area (Å²) < 4.78 is 144. The molecule has 44 heavy (non-hydrogen) atoms. The second-order valence-electron chi connectivity index (χ2n) is 8.61. The van der Waals surface area contributed by atoms with E-state index in [9.17, 15) is 43.2 Å². The Kier molecular flexibility index (Phi) is 14.9. The van der Waals surface area contributed by atoms with E-state index in [0.717, 1.165) is 24.3 Å². The van der Waals surface area contributed by atoms with E-state index >= 15 is 0 Å². The number of hydrogen-bond acceptors (Lipinski definition) is 10. The van der Waals surface area contributed by atoms with Gasteiger partial charge in [-0.2, -0.15) is 43.2 Å². The molecular weight excluding hydrogens is 650 g/mol. The van der Waals surface area contributed by atoms with Gasteiger partial charge in [-0.1, -0.05) is 24.2 Å². The summed E-state index contributed by atoms with van der Waals surface area (Å²) in [6.07, 6.45) is -8.85. The Morgan fingerprint density at radius 2 is 1.14 bits per heavy atom. The fraction of sp³-hybridized carbons (Fsp3) is 0.440. The zero-order chi connectivity index (χ0) is 33.6. The van der Waals surface area contributed by atoms with Crippen molar-refractivity contribution in [3.05, 3.63) is 59.7 Å². The SMILES string of the molecule is CCCS(=O)(=O)O.CCCS(=O)(=O)O/N=C(\c1ccc(OCCCOc2ccc(/C(=N/O)C(F)(F)F)cc2)cc1)C(F)(F)F. The van der Waals surface area contributed by atoms with Gasteiger partial charge in [-0.25, -0.2) is 0 Å². The minimum Gasteiger partial charge on any atom is -0.493 e. The lowest BCUT2D eigenvalue weighted by Gasteiger charge is -2.12.